The Morgan fingerprint density at radius 3 is 2.89 bits per heavy atom. The van der Waals surface area contributed by atoms with Gasteiger partial charge in [-0.3, -0.25) is 9.59 Å². The minimum atomic E-state index is -0.000241. The van der Waals surface area contributed by atoms with Crippen molar-refractivity contribution in [3.05, 3.63) is 60.3 Å². The molecule has 2 N–H and O–H groups in total. The van der Waals surface area contributed by atoms with E-state index in [0.717, 1.165) is 42.7 Å². The second kappa shape index (κ2) is 7.66. The van der Waals surface area contributed by atoms with Crippen molar-refractivity contribution in [2.75, 3.05) is 16.8 Å². The fraction of sp³-hybridized carbons (Fsp3) is 0.273. The van der Waals surface area contributed by atoms with Gasteiger partial charge in [0.15, 0.2) is 0 Å². The molecule has 0 atom stereocenters. The number of rotatable bonds is 6. The number of carbonyl (C=O) groups is 2. The van der Waals surface area contributed by atoms with Crippen molar-refractivity contribution < 1.29 is 9.59 Å². The number of hydrogen-bond acceptors (Lipinski definition) is 2. The first kappa shape index (κ1) is 17.3. The number of aromatic nitrogens is 1. The average Bonchev–Trinajstić information content (AvgIpc) is 3.28. The molecule has 0 spiro atoms. The van der Waals surface area contributed by atoms with Gasteiger partial charge in [0.2, 0.25) is 11.8 Å². The molecule has 1 saturated heterocycles. The Kier molecular flexibility index (Phi) is 4.92. The number of aryl methyl sites for hydroxylation is 1. The zero-order valence-electron chi connectivity index (χ0n) is 15.2. The summed E-state index contributed by atoms with van der Waals surface area (Å²) in [5.41, 5.74) is 3.97. The standard InChI is InChI=1S/C22H23N3O2/c26-21(11-3-6-16-15-23-20-10-2-1-9-19(16)20)24-17-7-4-8-18(14-17)25-13-5-12-22(25)27/h1-2,4,7-10,14-15,23H,3,5-6,11-13H2,(H,24,26). The fourth-order valence-electron chi connectivity index (χ4n) is 3.67. The summed E-state index contributed by atoms with van der Waals surface area (Å²) in [7, 11) is 0. The predicted molar refractivity (Wildman–Crippen MR) is 108 cm³/mol. The van der Waals surface area contributed by atoms with Crippen LogP contribution in [0.1, 0.15) is 31.2 Å². The number of nitrogens with one attached hydrogen (secondary N) is 2. The number of hydrogen-bond donors (Lipinski definition) is 2. The molecule has 0 radical (unpaired) electrons. The number of fused-ring (bicyclic) bond motifs is 1. The van der Waals surface area contributed by atoms with Crippen LogP contribution in [0.5, 0.6) is 0 Å². The molecule has 2 heterocycles. The molecule has 27 heavy (non-hydrogen) atoms. The monoisotopic (exact) mass is 361 g/mol. The molecule has 5 nitrogen and oxygen atoms in total. The van der Waals surface area contributed by atoms with E-state index < -0.39 is 0 Å². The average molecular weight is 361 g/mol. The summed E-state index contributed by atoms with van der Waals surface area (Å²) in [4.78, 5) is 29.2. The van der Waals surface area contributed by atoms with E-state index in [4.69, 9.17) is 0 Å². The Balaban J connectivity index is 1.32. The Morgan fingerprint density at radius 2 is 2.04 bits per heavy atom. The van der Waals surface area contributed by atoms with E-state index in [1.807, 2.05) is 42.6 Å². The molecule has 1 aliphatic rings. The number of anilines is 2. The van der Waals surface area contributed by atoms with Gasteiger partial charge in [0.05, 0.1) is 0 Å². The number of carbonyl (C=O) groups excluding carboxylic acids is 2. The van der Waals surface area contributed by atoms with Crippen molar-refractivity contribution in [3.8, 4) is 0 Å². The van der Waals surface area contributed by atoms with Crippen LogP contribution < -0.4 is 10.2 Å². The second-order valence-electron chi connectivity index (χ2n) is 6.96. The maximum Gasteiger partial charge on any atom is 0.227 e. The molecule has 1 aromatic heterocycles. The quantitative estimate of drug-likeness (QED) is 0.689. The highest BCUT2D eigenvalue weighted by Gasteiger charge is 2.21. The lowest BCUT2D eigenvalue weighted by Crippen LogP contribution is -2.23. The summed E-state index contributed by atoms with van der Waals surface area (Å²) in [6.45, 7) is 0.751. The Labute approximate surface area is 158 Å². The van der Waals surface area contributed by atoms with Crippen molar-refractivity contribution in [3.63, 3.8) is 0 Å². The lowest BCUT2D eigenvalue weighted by molar-refractivity contribution is -0.117. The van der Waals surface area contributed by atoms with E-state index in [1.165, 1.54) is 10.9 Å². The summed E-state index contributed by atoms with van der Waals surface area (Å²) in [6.07, 6.45) is 5.64. The molecule has 1 fully saturated rings. The van der Waals surface area contributed by atoms with Crippen LogP contribution in [0.15, 0.2) is 54.7 Å². The Morgan fingerprint density at radius 1 is 1.15 bits per heavy atom. The number of aromatic amines is 1. The molecule has 0 saturated carbocycles. The Bertz CT molecular complexity index is 976. The molecule has 0 aliphatic carbocycles. The molecular formula is C22H23N3O2. The van der Waals surface area contributed by atoms with Gasteiger partial charge >= 0.3 is 0 Å². The van der Waals surface area contributed by atoms with Crippen LogP contribution in [0, 0.1) is 0 Å². The summed E-state index contributed by atoms with van der Waals surface area (Å²) in [5, 5.41) is 4.18. The molecule has 0 unspecified atom stereocenters. The van der Waals surface area contributed by atoms with Gasteiger partial charge in [-0.25, -0.2) is 0 Å². The molecular weight excluding hydrogens is 338 g/mol. The summed E-state index contributed by atoms with van der Waals surface area (Å²) >= 11 is 0. The van der Waals surface area contributed by atoms with Crippen molar-refractivity contribution >= 4 is 34.1 Å². The normalized spacial score (nSPS) is 14.1. The maximum atomic E-state index is 12.3. The van der Waals surface area contributed by atoms with E-state index in [-0.39, 0.29) is 11.8 Å². The van der Waals surface area contributed by atoms with Gasteiger partial charge in [-0.05, 0) is 49.1 Å². The van der Waals surface area contributed by atoms with Crippen LogP contribution in [0.4, 0.5) is 11.4 Å². The van der Waals surface area contributed by atoms with Gasteiger partial charge in [0.25, 0.3) is 0 Å². The first-order valence-corrected chi connectivity index (χ1v) is 9.46. The topological polar surface area (TPSA) is 65.2 Å². The van der Waals surface area contributed by atoms with Gasteiger partial charge in [-0.15, -0.1) is 0 Å². The summed E-state index contributed by atoms with van der Waals surface area (Å²) in [5.74, 6) is 0.150. The van der Waals surface area contributed by atoms with E-state index in [1.54, 1.807) is 4.90 Å². The molecule has 2 amide bonds. The summed E-state index contributed by atoms with van der Waals surface area (Å²) in [6, 6.07) is 15.7. The van der Waals surface area contributed by atoms with Gasteiger partial charge in [-0.1, -0.05) is 24.3 Å². The smallest absolute Gasteiger partial charge is 0.227 e. The SMILES string of the molecule is O=C(CCCc1c[nH]c2ccccc12)Nc1cccc(N2CCCC2=O)c1. The van der Waals surface area contributed by atoms with Crippen LogP contribution in [-0.2, 0) is 16.0 Å². The van der Waals surface area contributed by atoms with E-state index in [2.05, 4.69) is 22.4 Å². The van der Waals surface area contributed by atoms with Crippen LogP contribution in [0.3, 0.4) is 0 Å². The number of nitrogens with zero attached hydrogens (tertiary/aromatic N) is 1. The van der Waals surface area contributed by atoms with Crippen LogP contribution in [0.2, 0.25) is 0 Å². The summed E-state index contributed by atoms with van der Waals surface area (Å²) < 4.78 is 0. The van der Waals surface area contributed by atoms with E-state index >= 15 is 0 Å². The molecule has 3 aromatic rings. The lowest BCUT2D eigenvalue weighted by atomic mass is 10.1. The van der Waals surface area contributed by atoms with Gasteiger partial charge in [-0.2, -0.15) is 0 Å². The minimum absolute atomic E-state index is 0.000241. The highest BCUT2D eigenvalue weighted by Crippen LogP contribution is 2.24. The molecule has 2 aromatic carbocycles. The van der Waals surface area contributed by atoms with Gasteiger partial charge in [0, 0.05) is 47.9 Å². The van der Waals surface area contributed by atoms with Crippen molar-refractivity contribution in [2.24, 2.45) is 0 Å². The minimum Gasteiger partial charge on any atom is -0.361 e. The third-order valence-corrected chi connectivity index (χ3v) is 5.04. The fourth-order valence-corrected chi connectivity index (χ4v) is 3.67. The van der Waals surface area contributed by atoms with Crippen molar-refractivity contribution in [2.45, 2.75) is 32.1 Å². The van der Waals surface area contributed by atoms with Crippen LogP contribution in [-0.4, -0.2) is 23.3 Å². The third kappa shape index (κ3) is 3.87. The first-order chi connectivity index (χ1) is 13.2. The first-order valence-electron chi connectivity index (χ1n) is 9.46. The van der Waals surface area contributed by atoms with E-state index in [0.29, 0.717) is 12.8 Å². The zero-order chi connectivity index (χ0) is 18.6. The number of benzene rings is 2. The van der Waals surface area contributed by atoms with Gasteiger partial charge in [0.1, 0.15) is 0 Å². The maximum absolute atomic E-state index is 12.3. The zero-order valence-corrected chi connectivity index (χ0v) is 15.2. The molecule has 1 aliphatic heterocycles. The molecule has 4 rings (SSSR count). The lowest BCUT2D eigenvalue weighted by Gasteiger charge is -2.16. The molecule has 0 bridgehead atoms. The van der Waals surface area contributed by atoms with Crippen LogP contribution in [0.25, 0.3) is 10.9 Å². The van der Waals surface area contributed by atoms with Crippen molar-refractivity contribution in [1.29, 1.82) is 0 Å². The predicted octanol–water partition coefficient (Wildman–Crippen LogP) is 4.26. The molecule has 138 valence electrons. The number of H-pyrrole nitrogens is 1. The highest BCUT2D eigenvalue weighted by atomic mass is 16.2. The largest absolute Gasteiger partial charge is 0.361 e. The van der Waals surface area contributed by atoms with E-state index in [9.17, 15) is 9.59 Å². The van der Waals surface area contributed by atoms with Crippen LogP contribution >= 0.6 is 0 Å². The van der Waals surface area contributed by atoms with Crippen molar-refractivity contribution in [1.82, 2.24) is 4.98 Å². The number of para-hydroxylation sites is 1. The molecule has 5 heteroatoms. The van der Waals surface area contributed by atoms with Gasteiger partial charge < -0.3 is 15.2 Å². The second-order valence-corrected chi connectivity index (χ2v) is 6.96. The third-order valence-electron chi connectivity index (χ3n) is 5.04. The highest BCUT2D eigenvalue weighted by molar-refractivity contribution is 5.97. The number of amides is 2. The Hall–Kier alpha value is -3.08.